The van der Waals surface area contributed by atoms with Crippen LogP contribution in [0.2, 0.25) is 0 Å². The van der Waals surface area contributed by atoms with Crippen LogP contribution in [-0.2, 0) is 16.1 Å². The van der Waals surface area contributed by atoms with Crippen LogP contribution in [0.3, 0.4) is 0 Å². The number of alkyl halides is 3. The third-order valence-electron chi connectivity index (χ3n) is 3.22. The number of aromatic nitrogens is 3. The molecular formula is C13H17F3N6O2S. The van der Waals surface area contributed by atoms with Crippen LogP contribution in [-0.4, -0.2) is 65.4 Å². The van der Waals surface area contributed by atoms with Crippen molar-refractivity contribution < 1.29 is 22.7 Å². The first-order chi connectivity index (χ1) is 11.9. The van der Waals surface area contributed by atoms with Crippen LogP contribution in [0.4, 0.5) is 19.1 Å². The fraction of sp³-hybridized carbons (Fsp3) is 0.692. The van der Waals surface area contributed by atoms with Gasteiger partial charge in [-0.3, -0.25) is 9.36 Å². The molecule has 25 heavy (non-hydrogen) atoms. The summed E-state index contributed by atoms with van der Waals surface area (Å²) < 4.78 is 44.9. The van der Waals surface area contributed by atoms with Gasteiger partial charge < -0.3 is 15.0 Å². The lowest BCUT2D eigenvalue weighted by Crippen LogP contribution is -2.38. The van der Waals surface area contributed by atoms with Crippen LogP contribution < -0.4 is 10.2 Å². The minimum Gasteiger partial charge on any atom is -0.378 e. The summed E-state index contributed by atoms with van der Waals surface area (Å²) in [7, 11) is 0. The Hall–Kier alpha value is -2.00. The van der Waals surface area contributed by atoms with E-state index < -0.39 is 12.7 Å². The van der Waals surface area contributed by atoms with Crippen molar-refractivity contribution in [3.63, 3.8) is 0 Å². The first-order valence-corrected chi connectivity index (χ1v) is 8.48. The molecular weight excluding hydrogens is 361 g/mol. The number of rotatable bonds is 7. The van der Waals surface area contributed by atoms with Crippen molar-refractivity contribution >= 4 is 23.6 Å². The Bertz CT molecular complexity index is 624. The minimum atomic E-state index is -4.44. The molecule has 0 aliphatic carbocycles. The summed E-state index contributed by atoms with van der Waals surface area (Å²) in [5, 5.41) is 18.6. The minimum absolute atomic E-state index is 0.0225. The number of halogens is 3. The number of anilines is 1. The highest BCUT2D eigenvalue weighted by Gasteiger charge is 2.32. The summed E-state index contributed by atoms with van der Waals surface area (Å²) in [5.41, 5.74) is 0. The summed E-state index contributed by atoms with van der Waals surface area (Å²) in [6.07, 6.45) is -4.27. The number of ether oxygens (including phenoxy) is 1. The van der Waals surface area contributed by atoms with Gasteiger partial charge in [0.15, 0.2) is 5.16 Å². The summed E-state index contributed by atoms with van der Waals surface area (Å²) in [5.74, 6) is -0.368. The standard InChI is InChI=1S/C13H17F3N6O2S/c14-13(15,16)9-22-11(21-4-6-24-7-5-21)19-20-12(22)25-8-10(23)18-3-1-2-17/h1,3-9H2,(H,18,23). The molecule has 0 unspecified atom stereocenters. The van der Waals surface area contributed by atoms with Crippen LogP contribution >= 0.6 is 11.8 Å². The molecule has 0 radical (unpaired) electrons. The highest BCUT2D eigenvalue weighted by Crippen LogP contribution is 2.27. The Balaban J connectivity index is 2.07. The van der Waals surface area contributed by atoms with E-state index in [1.54, 1.807) is 4.90 Å². The third-order valence-corrected chi connectivity index (χ3v) is 4.19. The van der Waals surface area contributed by atoms with Crippen molar-refractivity contribution in [1.82, 2.24) is 20.1 Å². The van der Waals surface area contributed by atoms with Crippen molar-refractivity contribution in [2.45, 2.75) is 24.3 Å². The Kier molecular flexibility index (Phi) is 6.89. The molecule has 0 bridgehead atoms. The van der Waals surface area contributed by atoms with Gasteiger partial charge in [0, 0.05) is 19.6 Å². The largest absolute Gasteiger partial charge is 0.406 e. The van der Waals surface area contributed by atoms with Crippen LogP contribution in [0, 0.1) is 11.3 Å². The van der Waals surface area contributed by atoms with E-state index in [4.69, 9.17) is 10.00 Å². The monoisotopic (exact) mass is 378 g/mol. The van der Waals surface area contributed by atoms with Gasteiger partial charge in [0.2, 0.25) is 11.9 Å². The molecule has 1 aliphatic heterocycles. The second kappa shape index (κ2) is 8.91. The van der Waals surface area contributed by atoms with Gasteiger partial charge in [-0.05, 0) is 0 Å². The topological polar surface area (TPSA) is 96.1 Å². The van der Waals surface area contributed by atoms with Gasteiger partial charge in [-0.15, -0.1) is 10.2 Å². The predicted octanol–water partition coefficient (Wildman–Crippen LogP) is 0.799. The second-order valence-corrected chi connectivity index (χ2v) is 6.07. The van der Waals surface area contributed by atoms with E-state index in [1.165, 1.54) is 0 Å². The zero-order valence-corrected chi connectivity index (χ0v) is 14.1. The van der Waals surface area contributed by atoms with Crippen molar-refractivity contribution in [3.8, 4) is 6.07 Å². The van der Waals surface area contributed by atoms with Crippen molar-refractivity contribution in [2.24, 2.45) is 0 Å². The zero-order chi connectivity index (χ0) is 18.3. The van der Waals surface area contributed by atoms with Crippen LogP contribution in [0.15, 0.2) is 5.16 Å². The quantitative estimate of drug-likeness (QED) is 0.554. The molecule has 12 heteroatoms. The number of nitrogens with one attached hydrogen (secondary N) is 1. The van der Waals surface area contributed by atoms with Gasteiger partial charge in [0.05, 0.1) is 31.5 Å². The van der Waals surface area contributed by atoms with E-state index in [1.807, 2.05) is 6.07 Å². The van der Waals surface area contributed by atoms with Gasteiger partial charge in [0.1, 0.15) is 6.54 Å². The predicted molar refractivity (Wildman–Crippen MR) is 83.1 cm³/mol. The smallest absolute Gasteiger partial charge is 0.378 e. The first-order valence-electron chi connectivity index (χ1n) is 7.50. The Morgan fingerprint density at radius 2 is 2.08 bits per heavy atom. The zero-order valence-electron chi connectivity index (χ0n) is 13.3. The van der Waals surface area contributed by atoms with Crippen molar-refractivity contribution in [3.05, 3.63) is 0 Å². The molecule has 138 valence electrons. The summed E-state index contributed by atoms with van der Waals surface area (Å²) in [6.45, 7) is 0.630. The molecule has 1 fully saturated rings. The van der Waals surface area contributed by atoms with E-state index in [-0.39, 0.29) is 35.7 Å². The Morgan fingerprint density at radius 3 is 2.72 bits per heavy atom. The molecule has 0 saturated carbocycles. The van der Waals surface area contributed by atoms with Crippen molar-refractivity contribution in [1.29, 1.82) is 5.26 Å². The fourth-order valence-corrected chi connectivity index (χ4v) is 2.90. The Morgan fingerprint density at radius 1 is 1.36 bits per heavy atom. The molecule has 0 aromatic carbocycles. The summed E-state index contributed by atoms with van der Waals surface area (Å²) in [6, 6.07) is 1.88. The molecule has 0 spiro atoms. The van der Waals surface area contributed by atoms with Gasteiger partial charge in [-0.1, -0.05) is 11.8 Å². The van der Waals surface area contributed by atoms with Gasteiger partial charge in [0.25, 0.3) is 0 Å². The summed E-state index contributed by atoms with van der Waals surface area (Å²) >= 11 is 0.875. The number of amides is 1. The molecule has 1 N–H and O–H groups in total. The first kappa shape index (κ1) is 19.3. The van der Waals surface area contributed by atoms with E-state index >= 15 is 0 Å². The Labute approximate surface area is 146 Å². The average Bonchev–Trinajstić information content (AvgIpc) is 2.95. The van der Waals surface area contributed by atoms with Crippen LogP contribution in [0.25, 0.3) is 0 Å². The maximum Gasteiger partial charge on any atom is 0.406 e. The summed E-state index contributed by atoms with van der Waals surface area (Å²) in [4.78, 5) is 13.3. The van der Waals surface area contributed by atoms with Gasteiger partial charge in [-0.2, -0.15) is 18.4 Å². The fourth-order valence-electron chi connectivity index (χ4n) is 2.14. The van der Waals surface area contributed by atoms with E-state index in [2.05, 4.69) is 15.5 Å². The normalized spacial score (nSPS) is 15.0. The third kappa shape index (κ3) is 6.09. The number of nitriles is 1. The van der Waals surface area contributed by atoms with Crippen LogP contribution in [0.5, 0.6) is 0 Å². The molecule has 2 heterocycles. The van der Waals surface area contributed by atoms with E-state index in [0.29, 0.717) is 26.3 Å². The van der Waals surface area contributed by atoms with E-state index in [0.717, 1.165) is 16.3 Å². The lowest BCUT2D eigenvalue weighted by molar-refractivity contribution is -0.141. The molecule has 1 aromatic heterocycles. The molecule has 1 saturated heterocycles. The maximum atomic E-state index is 12.9. The number of thioether (sulfide) groups is 1. The number of nitrogens with zero attached hydrogens (tertiary/aromatic N) is 5. The lowest BCUT2D eigenvalue weighted by atomic mass is 10.4. The lowest BCUT2D eigenvalue weighted by Gasteiger charge is -2.28. The molecule has 0 atom stereocenters. The molecule has 2 rings (SSSR count). The maximum absolute atomic E-state index is 12.9. The van der Waals surface area contributed by atoms with Crippen molar-refractivity contribution in [2.75, 3.05) is 43.5 Å². The van der Waals surface area contributed by atoms with E-state index in [9.17, 15) is 18.0 Å². The second-order valence-electron chi connectivity index (χ2n) is 5.13. The number of carbonyl (C=O) groups excluding carboxylic acids is 1. The SMILES string of the molecule is N#CCCNC(=O)CSc1nnc(N2CCOCC2)n1CC(F)(F)F. The van der Waals surface area contributed by atoms with Gasteiger partial charge in [-0.25, -0.2) is 0 Å². The number of hydrogen-bond acceptors (Lipinski definition) is 7. The number of hydrogen-bond donors (Lipinski definition) is 1. The average molecular weight is 378 g/mol. The number of morpholine rings is 1. The molecule has 1 aliphatic rings. The van der Waals surface area contributed by atoms with Crippen LogP contribution in [0.1, 0.15) is 6.42 Å². The number of carbonyl (C=O) groups is 1. The molecule has 1 amide bonds. The molecule has 1 aromatic rings. The highest BCUT2D eigenvalue weighted by molar-refractivity contribution is 7.99. The van der Waals surface area contributed by atoms with Gasteiger partial charge >= 0.3 is 6.18 Å². The highest BCUT2D eigenvalue weighted by atomic mass is 32.2. The molecule has 8 nitrogen and oxygen atoms in total.